The summed E-state index contributed by atoms with van der Waals surface area (Å²) in [6.07, 6.45) is 1.39. The molecule has 0 unspecified atom stereocenters. The van der Waals surface area contributed by atoms with Crippen LogP contribution >= 0.6 is 0 Å². The van der Waals surface area contributed by atoms with Crippen molar-refractivity contribution in [3.63, 3.8) is 0 Å². The van der Waals surface area contributed by atoms with Crippen molar-refractivity contribution in [3.8, 4) is 5.75 Å². The predicted molar refractivity (Wildman–Crippen MR) is 110 cm³/mol. The molecule has 0 radical (unpaired) electrons. The van der Waals surface area contributed by atoms with E-state index in [4.69, 9.17) is 9.26 Å². The SMILES string of the molecule is O=C(Nc1ccon1)N1CCN(C(=O)c2cccc(OCc3ccccc3)c2)CC1. The molecule has 0 saturated carbocycles. The van der Waals surface area contributed by atoms with Gasteiger partial charge in [0.05, 0.1) is 0 Å². The highest BCUT2D eigenvalue weighted by Crippen LogP contribution is 2.18. The Bertz CT molecular complexity index is 983. The van der Waals surface area contributed by atoms with Gasteiger partial charge < -0.3 is 19.1 Å². The lowest BCUT2D eigenvalue weighted by atomic mass is 10.1. The van der Waals surface area contributed by atoms with Crippen molar-refractivity contribution in [1.29, 1.82) is 0 Å². The van der Waals surface area contributed by atoms with Crippen LogP contribution in [0.5, 0.6) is 5.75 Å². The largest absolute Gasteiger partial charge is 0.489 e. The minimum absolute atomic E-state index is 0.0725. The number of benzene rings is 2. The van der Waals surface area contributed by atoms with Crippen LogP contribution in [-0.2, 0) is 6.61 Å². The number of hydrogen-bond acceptors (Lipinski definition) is 5. The first kappa shape index (κ1) is 19.5. The fourth-order valence-electron chi connectivity index (χ4n) is 3.22. The van der Waals surface area contributed by atoms with Crippen LogP contribution in [0.1, 0.15) is 15.9 Å². The first-order valence-electron chi connectivity index (χ1n) is 9.71. The average molecular weight is 406 g/mol. The zero-order valence-electron chi connectivity index (χ0n) is 16.4. The van der Waals surface area contributed by atoms with Crippen molar-refractivity contribution in [1.82, 2.24) is 15.0 Å². The summed E-state index contributed by atoms with van der Waals surface area (Å²) in [6.45, 7) is 2.25. The van der Waals surface area contributed by atoms with E-state index in [-0.39, 0.29) is 11.9 Å². The van der Waals surface area contributed by atoms with E-state index >= 15 is 0 Å². The van der Waals surface area contributed by atoms with Gasteiger partial charge in [0.25, 0.3) is 5.91 Å². The highest BCUT2D eigenvalue weighted by atomic mass is 16.5. The number of carbonyl (C=O) groups excluding carboxylic acids is 2. The van der Waals surface area contributed by atoms with Gasteiger partial charge in [-0.2, -0.15) is 0 Å². The lowest BCUT2D eigenvalue weighted by molar-refractivity contribution is 0.0671. The molecule has 2 heterocycles. The Kier molecular flexibility index (Phi) is 5.93. The molecule has 0 atom stereocenters. The molecule has 8 heteroatoms. The molecule has 8 nitrogen and oxygen atoms in total. The quantitative estimate of drug-likeness (QED) is 0.703. The minimum atomic E-state index is -0.257. The third-order valence-corrected chi connectivity index (χ3v) is 4.86. The molecule has 1 fully saturated rings. The number of ether oxygens (including phenoxy) is 1. The average Bonchev–Trinajstić information content (AvgIpc) is 3.31. The molecular formula is C22H22N4O4. The summed E-state index contributed by atoms with van der Waals surface area (Å²) in [5.41, 5.74) is 1.63. The Labute approximate surface area is 174 Å². The van der Waals surface area contributed by atoms with Gasteiger partial charge in [0.1, 0.15) is 18.6 Å². The van der Waals surface area contributed by atoms with Crippen LogP contribution in [0, 0.1) is 0 Å². The molecule has 1 N–H and O–H groups in total. The van der Waals surface area contributed by atoms with Crippen molar-refractivity contribution in [2.75, 3.05) is 31.5 Å². The molecular weight excluding hydrogens is 384 g/mol. The molecule has 154 valence electrons. The molecule has 4 rings (SSSR count). The summed E-state index contributed by atoms with van der Waals surface area (Å²) in [5.74, 6) is 0.942. The number of aromatic nitrogens is 1. The number of urea groups is 1. The van der Waals surface area contributed by atoms with Crippen molar-refractivity contribution in [3.05, 3.63) is 78.1 Å². The second-order valence-corrected chi connectivity index (χ2v) is 6.90. The molecule has 2 aromatic carbocycles. The maximum Gasteiger partial charge on any atom is 0.323 e. The van der Waals surface area contributed by atoms with Crippen molar-refractivity contribution >= 4 is 17.8 Å². The summed E-state index contributed by atoms with van der Waals surface area (Å²) in [7, 11) is 0. The standard InChI is InChI=1S/C22H22N4O4/c27-21(18-7-4-8-19(15-18)29-16-17-5-2-1-3-6-17)25-10-12-26(13-11-25)22(28)23-20-9-14-30-24-20/h1-9,14-15H,10-13,16H2,(H,23,24,28). The van der Waals surface area contributed by atoms with Gasteiger partial charge in [-0.25, -0.2) is 4.79 Å². The molecule has 1 aromatic heterocycles. The first-order chi connectivity index (χ1) is 14.7. The van der Waals surface area contributed by atoms with Gasteiger partial charge in [0, 0.05) is 37.8 Å². The van der Waals surface area contributed by atoms with Crippen LogP contribution in [-0.4, -0.2) is 53.1 Å². The van der Waals surface area contributed by atoms with E-state index in [1.807, 2.05) is 42.5 Å². The van der Waals surface area contributed by atoms with E-state index in [1.54, 1.807) is 28.0 Å². The second kappa shape index (κ2) is 9.13. The maximum absolute atomic E-state index is 12.9. The van der Waals surface area contributed by atoms with Gasteiger partial charge in [0.15, 0.2) is 5.82 Å². The van der Waals surface area contributed by atoms with Crippen molar-refractivity contribution < 1.29 is 18.8 Å². The Morgan fingerprint density at radius 3 is 2.47 bits per heavy atom. The number of piperazine rings is 1. The van der Waals surface area contributed by atoms with Crippen LogP contribution in [0.25, 0.3) is 0 Å². The smallest absolute Gasteiger partial charge is 0.323 e. The Hall–Kier alpha value is -3.81. The molecule has 3 amide bonds. The summed E-state index contributed by atoms with van der Waals surface area (Å²) in [4.78, 5) is 28.5. The Morgan fingerprint density at radius 1 is 0.967 bits per heavy atom. The van der Waals surface area contributed by atoms with E-state index in [0.717, 1.165) is 5.56 Å². The Balaban J connectivity index is 1.31. The zero-order valence-corrected chi connectivity index (χ0v) is 16.4. The lowest BCUT2D eigenvalue weighted by Crippen LogP contribution is -2.51. The molecule has 0 aliphatic carbocycles. The number of amides is 3. The van der Waals surface area contributed by atoms with Gasteiger partial charge in [-0.3, -0.25) is 10.1 Å². The maximum atomic E-state index is 12.9. The molecule has 1 saturated heterocycles. The van der Waals surface area contributed by atoms with E-state index < -0.39 is 0 Å². The van der Waals surface area contributed by atoms with Gasteiger partial charge in [-0.05, 0) is 23.8 Å². The first-order valence-corrected chi connectivity index (χ1v) is 9.71. The summed E-state index contributed by atoms with van der Waals surface area (Å²) < 4.78 is 10.5. The van der Waals surface area contributed by atoms with Crippen LogP contribution in [0.2, 0.25) is 0 Å². The predicted octanol–water partition coefficient (Wildman–Crippen LogP) is 3.24. The molecule has 1 aliphatic heterocycles. The van der Waals surface area contributed by atoms with Gasteiger partial charge >= 0.3 is 6.03 Å². The third-order valence-electron chi connectivity index (χ3n) is 4.86. The molecule has 1 aliphatic rings. The minimum Gasteiger partial charge on any atom is -0.489 e. The normalized spacial score (nSPS) is 13.7. The topological polar surface area (TPSA) is 87.9 Å². The van der Waals surface area contributed by atoms with E-state index in [2.05, 4.69) is 10.5 Å². The molecule has 0 spiro atoms. The number of rotatable bonds is 5. The fraction of sp³-hybridized carbons (Fsp3) is 0.227. The van der Waals surface area contributed by atoms with Gasteiger partial charge in [0.2, 0.25) is 0 Å². The summed E-state index contributed by atoms with van der Waals surface area (Å²) in [6, 6.07) is 18.4. The van der Waals surface area contributed by atoms with Crippen LogP contribution in [0.3, 0.4) is 0 Å². The number of hydrogen-bond donors (Lipinski definition) is 1. The fourth-order valence-corrected chi connectivity index (χ4v) is 3.22. The van der Waals surface area contributed by atoms with Gasteiger partial charge in [-0.15, -0.1) is 0 Å². The van der Waals surface area contributed by atoms with E-state index in [9.17, 15) is 9.59 Å². The number of carbonyl (C=O) groups is 2. The monoisotopic (exact) mass is 406 g/mol. The third kappa shape index (κ3) is 4.78. The van der Waals surface area contributed by atoms with Crippen LogP contribution < -0.4 is 10.1 Å². The second-order valence-electron chi connectivity index (χ2n) is 6.90. The van der Waals surface area contributed by atoms with Crippen LogP contribution in [0.4, 0.5) is 10.6 Å². The van der Waals surface area contributed by atoms with Gasteiger partial charge in [-0.1, -0.05) is 41.6 Å². The molecule has 0 bridgehead atoms. The Morgan fingerprint density at radius 2 is 1.73 bits per heavy atom. The summed E-state index contributed by atoms with van der Waals surface area (Å²) in [5, 5.41) is 6.33. The van der Waals surface area contributed by atoms with Crippen molar-refractivity contribution in [2.24, 2.45) is 0 Å². The van der Waals surface area contributed by atoms with E-state index in [0.29, 0.717) is 49.9 Å². The number of anilines is 1. The highest BCUT2D eigenvalue weighted by molar-refractivity contribution is 5.95. The number of nitrogens with one attached hydrogen (secondary N) is 1. The molecule has 30 heavy (non-hydrogen) atoms. The highest BCUT2D eigenvalue weighted by Gasteiger charge is 2.25. The lowest BCUT2D eigenvalue weighted by Gasteiger charge is -2.34. The molecule has 3 aromatic rings. The number of nitrogens with zero attached hydrogens (tertiary/aromatic N) is 3. The van der Waals surface area contributed by atoms with Crippen LogP contribution in [0.15, 0.2) is 71.4 Å². The van der Waals surface area contributed by atoms with E-state index in [1.165, 1.54) is 6.26 Å². The summed E-state index contributed by atoms with van der Waals surface area (Å²) >= 11 is 0. The zero-order chi connectivity index (χ0) is 20.8. The van der Waals surface area contributed by atoms with Crippen molar-refractivity contribution in [2.45, 2.75) is 6.61 Å².